The summed E-state index contributed by atoms with van der Waals surface area (Å²) in [6.07, 6.45) is -3.60. The first-order valence-corrected chi connectivity index (χ1v) is 11.3. The van der Waals surface area contributed by atoms with Crippen molar-refractivity contribution >= 4 is 31.9 Å². The summed E-state index contributed by atoms with van der Waals surface area (Å²) in [6, 6.07) is 4.23. The molecule has 0 unspecified atom stereocenters. The fourth-order valence-corrected chi connectivity index (χ4v) is 4.86. The van der Waals surface area contributed by atoms with Crippen LogP contribution in [0.25, 0.3) is 0 Å². The van der Waals surface area contributed by atoms with Crippen molar-refractivity contribution in [3.8, 4) is 0 Å². The van der Waals surface area contributed by atoms with Crippen LogP contribution in [0.2, 0.25) is 0 Å². The van der Waals surface area contributed by atoms with Crippen LogP contribution in [0.1, 0.15) is 39.5 Å². The Hall–Kier alpha value is -1.13. The van der Waals surface area contributed by atoms with E-state index in [2.05, 4.69) is 26.0 Å². The van der Waals surface area contributed by atoms with Crippen molar-refractivity contribution in [2.24, 2.45) is 11.8 Å². The smallest absolute Gasteiger partial charge is 0.352 e. The molecule has 0 aliphatic heterocycles. The number of nitrogens with one attached hydrogen (secondary N) is 2. The highest BCUT2D eigenvalue weighted by molar-refractivity contribution is 9.10. The summed E-state index contributed by atoms with van der Waals surface area (Å²) in [6.45, 7) is 3.35. The molecule has 1 amide bonds. The summed E-state index contributed by atoms with van der Waals surface area (Å²) >= 11 is 3.22. The van der Waals surface area contributed by atoms with Gasteiger partial charge < -0.3 is 5.32 Å². The van der Waals surface area contributed by atoms with Crippen molar-refractivity contribution in [2.75, 3.05) is 0 Å². The number of carbonyl (C=O) groups excluding carboxylic acids is 1. The molecule has 1 aromatic carbocycles. The Balaban J connectivity index is 2.08. The van der Waals surface area contributed by atoms with Gasteiger partial charge in [0, 0.05) is 10.5 Å². The van der Waals surface area contributed by atoms with E-state index in [9.17, 15) is 26.4 Å². The van der Waals surface area contributed by atoms with Crippen molar-refractivity contribution in [3.05, 3.63) is 28.7 Å². The van der Waals surface area contributed by atoms with Gasteiger partial charge in [0.25, 0.3) is 0 Å². The lowest BCUT2D eigenvalue weighted by molar-refractivity contribution is -0.184. The average Bonchev–Trinajstić information content (AvgIpc) is 2.59. The predicted octanol–water partition coefficient (Wildman–Crippen LogP) is 3.99. The van der Waals surface area contributed by atoms with E-state index in [0.29, 0.717) is 17.3 Å². The molecule has 158 valence electrons. The average molecular weight is 485 g/mol. The van der Waals surface area contributed by atoms with E-state index >= 15 is 0 Å². The van der Waals surface area contributed by atoms with Crippen LogP contribution in [0.5, 0.6) is 0 Å². The first-order chi connectivity index (χ1) is 12.9. The lowest BCUT2D eigenvalue weighted by Gasteiger charge is -2.32. The van der Waals surface area contributed by atoms with E-state index in [1.165, 1.54) is 12.1 Å². The molecule has 0 saturated heterocycles. The van der Waals surface area contributed by atoms with E-state index in [1.54, 1.807) is 26.0 Å². The maximum Gasteiger partial charge on any atom is 0.391 e. The Labute approximate surface area is 171 Å². The van der Waals surface area contributed by atoms with Crippen molar-refractivity contribution in [1.29, 1.82) is 0 Å². The standard InChI is InChI=1S/C18H24BrF3N2O3S/c1-11(2)16(24-28(26,27)15-8-6-13(19)7-9-15)17(25)23-14-5-3-4-12(10-14)18(20,21)22/h6-9,11-12,14,16,24H,3-5,10H2,1-2H3,(H,23,25)/t12-,14-,16-/m0/s1. The van der Waals surface area contributed by atoms with Gasteiger partial charge in [0.2, 0.25) is 15.9 Å². The lowest BCUT2D eigenvalue weighted by atomic mass is 9.85. The van der Waals surface area contributed by atoms with Gasteiger partial charge in [-0.2, -0.15) is 17.9 Å². The van der Waals surface area contributed by atoms with Crippen molar-refractivity contribution in [1.82, 2.24) is 10.0 Å². The number of rotatable bonds is 6. The van der Waals surface area contributed by atoms with Gasteiger partial charge in [-0.3, -0.25) is 4.79 Å². The van der Waals surface area contributed by atoms with Crippen LogP contribution in [0, 0.1) is 11.8 Å². The number of amides is 1. The summed E-state index contributed by atoms with van der Waals surface area (Å²) in [4.78, 5) is 12.6. The van der Waals surface area contributed by atoms with Crippen LogP contribution in [0.15, 0.2) is 33.6 Å². The highest BCUT2D eigenvalue weighted by atomic mass is 79.9. The summed E-state index contributed by atoms with van der Waals surface area (Å²) in [5.74, 6) is -2.43. The number of hydrogen-bond acceptors (Lipinski definition) is 3. The Kier molecular flexibility index (Phi) is 7.55. The van der Waals surface area contributed by atoms with Crippen molar-refractivity contribution in [3.63, 3.8) is 0 Å². The molecule has 5 nitrogen and oxygen atoms in total. The molecular formula is C18H24BrF3N2O3S. The monoisotopic (exact) mass is 484 g/mol. The molecule has 3 atom stereocenters. The minimum Gasteiger partial charge on any atom is -0.352 e. The van der Waals surface area contributed by atoms with Gasteiger partial charge in [0.15, 0.2) is 0 Å². The Morgan fingerprint density at radius 3 is 2.32 bits per heavy atom. The van der Waals surface area contributed by atoms with Gasteiger partial charge in [0.1, 0.15) is 6.04 Å². The number of sulfonamides is 1. The third kappa shape index (κ3) is 6.18. The maximum atomic E-state index is 13.0. The lowest BCUT2D eigenvalue weighted by Crippen LogP contribution is -2.53. The topological polar surface area (TPSA) is 75.3 Å². The summed E-state index contributed by atoms with van der Waals surface area (Å²) in [5, 5.41) is 2.61. The van der Waals surface area contributed by atoms with Crippen LogP contribution in [0.4, 0.5) is 13.2 Å². The van der Waals surface area contributed by atoms with Crippen LogP contribution < -0.4 is 10.0 Å². The SMILES string of the molecule is CC(C)[C@H](NS(=O)(=O)c1ccc(Br)cc1)C(=O)N[C@H]1CCC[C@H](C(F)(F)F)C1. The molecule has 0 spiro atoms. The second-order valence-corrected chi connectivity index (χ2v) is 10.0. The van der Waals surface area contributed by atoms with Crippen LogP contribution >= 0.6 is 15.9 Å². The van der Waals surface area contributed by atoms with E-state index in [4.69, 9.17) is 0 Å². The van der Waals surface area contributed by atoms with E-state index in [-0.39, 0.29) is 23.7 Å². The fourth-order valence-electron chi connectivity index (χ4n) is 3.25. The summed E-state index contributed by atoms with van der Waals surface area (Å²) in [7, 11) is -3.95. The Morgan fingerprint density at radius 2 is 1.79 bits per heavy atom. The molecule has 2 rings (SSSR count). The minimum absolute atomic E-state index is 0.00366. The normalized spacial score (nSPS) is 22.1. The van der Waals surface area contributed by atoms with Gasteiger partial charge >= 0.3 is 6.18 Å². The number of benzene rings is 1. The zero-order valence-corrected chi connectivity index (χ0v) is 18.0. The molecule has 1 fully saturated rings. The molecule has 1 aromatic rings. The van der Waals surface area contributed by atoms with Crippen LogP contribution in [-0.4, -0.2) is 32.6 Å². The van der Waals surface area contributed by atoms with Crippen LogP contribution in [-0.2, 0) is 14.8 Å². The molecule has 0 radical (unpaired) electrons. The molecule has 1 aliphatic rings. The molecule has 0 heterocycles. The Bertz CT molecular complexity index is 782. The Morgan fingerprint density at radius 1 is 1.18 bits per heavy atom. The fraction of sp³-hybridized carbons (Fsp3) is 0.611. The van der Waals surface area contributed by atoms with Gasteiger partial charge in [-0.05, 0) is 49.4 Å². The second kappa shape index (κ2) is 9.13. The third-order valence-corrected chi connectivity index (χ3v) is 6.82. The maximum absolute atomic E-state index is 13.0. The van der Waals surface area contributed by atoms with Gasteiger partial charge in [-0.15, -0.1) is 0 Å². The van der Waals surface area contributed by atoms with Gasteiger partial charge in [-0.25, -0.2) is 8.42 Å². The van der Waals surface area contributed by atoms with E-state index in [1.807, 2.05) is 0 Å². The van der Waals surface area contributed by atoms with Gasteiger partial charge in [-0.1, -0.05) is 36.2 Å². The molecule has 2 N–H and O–H groups in total. The van der Waals surface area contributed by atoms with Crippen LogP contribution in [0.3, 0.4) is 0 Å². The highest BCUT2D eigenvalue weighted by Gasteiger charge is 2.42. The van der Waals surface area contributed by atoms with E-state index in [0.717, 1.165) is 0 Å². The predicted molar refractivity (Wildman–Crippen MR) is 103 cm³/mol. The molecule has 0 bridgehead atoms. The largest absolute Gasteiger partial charge is 0.391 e. The minimum atomic E-state index is -4.29. The molecular weight excluding hydrogens is 461 g/mol. The molecule has 10 heteroatoms. The van der Waals surface area contributed by atoms with Gasteiger partial charge in [0.05, 0.1) is 10.8 Å². The molecule has 1 saturated carbocycles. The first kappa shape index (κ1) is 23.2. The zero-order chi connectivity index (χ0) is 21.1. The molecule has 28 heavy (non-hydrogen) atoms. The number of alkyl halides is 3. The first-order valence-electron chi connectivity index (χ1n) is 9.05. The molecule has 0 aromatic heterocycles. The number of hydrogen-bond donors (Lipinski definition) is 2. The quantitative estimate of drug-likeness (QED) is 0.640. The van der Waals surface area contributed by atoms with Crippen molar-refractivity contribution in [2.45, 2.75) is 62.7 Å². The van der Waals surface area contributed by atoms with Crippen molar-refractivity contribution < 1.29 is 26.4 Å². The third-order valence-electron chi connectivity index (χ3n) is 4.84. The number of carbonyl (C=O) groups is 1. The number of halogens is 4. The summed E-state index contributed by atoms with van der Waals surface area (Å²) < 4.78 is 67.2. The summed E-state index contributed by atoms with van der Waals surface area (Å²) in [5.41, 5.74) is 0. The highest BCUT2D eigenvalue weighted by Crippen LogP contribution is 2.37. The second-order valence-electron chi connectivity index (χ2n) is 7.41. The van der Waals surface area contributed by atoms with E-state index < -0.39 is 40.1 Å². The molecule has 1 aliphatic carbocycles. The zero-order valence-electron chi connectivity index (χ0n) is 15.6.